The first kappa shape index (κ1) is 32.1. The van der Waals surface area contributed by atoms with Crippen LogP contribution in [0.5, 0.6) is 0 Å². The van der Waals surface area contributed by atoms with Gasteiger partial charge in [0.25, 0.3) is 0 Å². The first-order chi connectivity index (χ1) is 19.2. The molecule has 1 saturated heterocycles. The van der Waals surface area contributed by atoms with E-state index in [9.17, 15) is 9.18 Å². The molecule has 2 aromatic rings. The molecule has 40 heavy (non-hydrogen) atoms. The van der Waals surface area contributed by atoms with Crippen molar-refractivity contribution in [3.05, 3.63) is 41.3 Å². The first-order valence-corrected chi connectivity index (χ1v) is 15.9. The van der Waals surface area contributed by atoms with Gasteiger partial charge < -0.3 is 9.80 Å². The normalized spacial score (nSPS) is 14.5. The average molecular weight is 556 g/mol. The van der Waals surface area contributed by atoms with E-state index in [-0.39, 0.29) is 17.8 Å². The van der Waals surface area contributed by atoms with Crippen LogP contribution in [0, 0.1) is 12.7 Å². The minimum atomic E-state index is -0.275. The van der Waals surface area contributed by atoms with Crippen molar-refractivity contribution in [1.82, 2.24) is 19.6 Å². The molecule has 1 aromatic heterocycles. The number of nitrogens with zero attached hydrogens (tertiary/aromatic N) is 5. The van der Waals surface area contributed by atoms with Crippen molar-refractivity contribution in [3.63, 3.8) is 0 Å². The van der Waals surface area contributed by atoms with Crippen molar-refractivity contribution in [1.29, 1.82) is 0 Å². The molecule has 7 heteroatoms. The standard InChI is InChI=1S/C33H54FN5O/c1-7-8-9-10-11-12-13-14-15-19-32(40)38(27(4)5)25-31-28(6)35-39(30-18-16-17-29(34)24-30)33(31)37-22-20-36(21-23-37)26(2)3/h16-18,24,26-27H,7-15,19-23,25H2,1-6H3. The van der Waals surface area contributed by atoms with Gasteiger partial charge in [-0.25, -0.2) is 9.07 Å². The Morgan fingerprint density at radius 2 is 1.57 bits per heavy atom. The van der Waals surface area contributed by atoms with E-state index in [1.54, 1.807) is 12.1 Å². The van der Waals surface area contributed by atoms with Crippen molar-refractivity contribution < 1.29 is 9.18 Å². The number of benzene rings is 1. The molecule has 0 spiro atoms. The molecule has 1 aliphatic heterocycles. The smallest absolute Gasteiger partial charge is 0.223 e. The highest BCUT2D eigenvalue weighted by Crippen LogP contribution is 2.31. The number of carbonyl (C=O) groups excluding carboxylic acids is 1. The van der Waals surface area contributed by atoms with E-state index in [0.717, 1.165) is 56.1 Å². The molecule has 1 aromatic carbocycles. The molecule has 1 aliphatic rings. The third-order valence-electron chi connectivity index (χ3n) is 8.32. The van der Waals surface area contributed by atoms with Gasteiger partial charge in [0.2, 0.25) is 5.91 Å². The number of unbranched alkanes of at least 4 members (excludes halogenated alkanes) is 8. The Hall–Kier alpha value is -2.41. The highest BCUT2D eigenvalue weighted by molar-refractivity contribution is 5.76. The Bertz CT molecular complexity index is 1040. The van der Waals surface area contributed by atoms with Crippen molar-refractivity contribution in [2.75, 3.05) is 31.1 Å². The van der Waals surface area contributed by atoms with Crippen LogP contribution in [0.15, 0.2) is 24.3 Å². The van der Waals surface area contributed by atoms with Crippen molar-refractivity contribution >= 4 is 11.7 Å². The van der Waals surface area contributed by atoms with Gasteiger partial charge >= 0.3 is 0 Å². The Kier molecular flexibility index (Phi) is 13.0. The summed E-state index contributed by atoms with van der Waals surface area (Å²) in [4.78, 5) is 20.3. The summed E-state index contributed by atoms with van der Waals surface area (Å²) in [6, 6.07) is 7.24. The number of aryl methyl sites for hydroxylation is 1. The number of aromatic nitrogens is 2. The van der Waals surface area contributed by atoms with Crippen LogP contribution in [-0.2, 0) is 11.3 Å². The van der Waals surface area contributed by atoms with E-state index < -0.39 is 0 Å². The number of carbonyl (C=O) groups is 1. The second kappa shape index (κ2) is 16.1. The molecule has 0 N–H and O–H groups in total. The van der Waals surface area contributed by atoms with Gasteiger partial charge in [-0.15, -0.1) is 0 Å². The van der Waals surface area contributed by atoms with Gasteiger partial charge in [-0.2, -0.15) is 5.10 Å². The summed E-state index contributed by atoms with van der Waals surface area (Å²) in [6.07, 6.45) is 11.8. The van der Waals surface area contributed by atoms with E-state index >= 15 is 0 Å². The zero-order valence-corrected chi connectivity index (χ0v) is 26.1. The first-order valence-electron chi connectivity index (χ1n) is 15.9. The zero-order chi connectivity index (χ0) is 29.1. The van der Waals surface area contributed by atoms with Crippen LogP contribution in [0.25, 0.3) is 5.69 Å². The maximum Gasteiger partial charge on any atom is 0.223 e. The van der Waals surface area contributed by atoms with Crippen LogP contribution in [-0.4, -0.2) is 63.8 Å². The quantitative estimate of drug-likeness (QED) is 0.201. The highest BCUT2D eigenvalue weighted by atomic mass is 19.1. The molecule has 0 radical (unpaired) electrons. The lowest BCUT2D eigenvalue weighted by Gasteiger charge is -2.39. The van der Waals surface area contributed by atoms with Crippen molar-refractivity contribution in [3.8, 4) is 5.69 Å². The summed E-state index contributed by atoms with van der Waals surface area (Å²) in [6.45, 7) is 17.2. The van der Waals surface area contributed by atoms with Gasteiger partial charge in [0.05, 0.1) is 17.9 Å². The molecule has 0 aliphatic carbocycles. The summed E-state index contributed by atoms with van der Waals surface area (Å²) in [5.74, 6) is 0.933. The van der Waals surface area contributed by atoms with Crippen LogP contribution in [0.1, 0.15) is 110 Å². The Morgan fingerprint density at radius 1 is 0.950 bits per heavy atom. The predicted octanol–water partition coefficient (Wildman–Crippen LogP) is 7.51. The average Bonchev–Trinajstić information content (AvgIpc) is 3.26. The van der Waals surface area contributed by atoms with Crippen LogP contribution < -0.4 is 4.90 Å². The van der Waals surface area contributed by atoms with Gasteiger partial charge in [-0.1, -0.05) is 64.4 Å². The lowest BCUT2D eigenvalue weighted by atomic mass is 10.1. The molecule has 1 amide bonds. The highest BCUT2D eigenvalue weighted by Gasteiger charge is 2.29. The van der Waals surface area contributed by atoms with Crippen LogP contribution in [0.4, 0.5) is 10.2 Å². The fourth-order valence-electron chi connectivity index (χ4n) is 5.75. The summed E-state index contributed by atoms with van der Waals surface area (Å²) in [5, 5.41) is 4.90. The molecule has 2 heterocycles. The SMILES string of the molecule is CCCCCCCCCCCC(=O)N(Cc1c(C)nn(-c2cccc(F)c2)c1N1CCN(C(C)C)CC1)C(C)C. The third-order valence-corrected chi connectivity index (χ3v) is 8.32. The maximum absolute atomic E-state index is 14.2. The van der Waals surface area contributed by atoms with Gasteiger partial charge in [0.1, 0.15) is 11.6 Å². The number of rotatable bonds is 16. The number of halogens is 1. The van der Waals surface area contributed by atoms with Gasteiger partial charge in [-0.3, -0.25) is 9.69 Å². The van der Waals surface area contributed by atoms with Gasteiger partial charge in [-0.05, 0) is 59.2 Å². The molecule has 3 rings (SSSR count). The summed E-state index contributed by atoms with van der Waals surface area (Å²) >= 11 is 0. The van der Waals surface area contributed by atoms with Crippen LogP contribution in [0.3, 0.4) is 0 Å². The molecule has 224 valence electrons. The third kappa shape index (κ3) is 9.05. The minimum Gasteiger partial charge on any atom is -0.354 e. The monoisotopic (exact) mass is 555 g/mol. The molecule has 0 atom stereocenters. The largest absolute Gasteiger partial charge is 0.354 e. The lowest BCUT2D eigenvalue weighted by molar-refractivity contribution is -0.133. The van der Waals surface area contributed by atoms with E-state index in [1.165, 1.54) is 51.0 Å². The van der Waals surface area contributed by atoms with E-state index in [2.05, 4.69) is 44.4 Å². The second-order valence-electron chi connectivity index (χ2n) is 12.1. The number of hydrogen-bond acceptors (Lipinski definition) is 4. The topological polar surface area (TPSA) is 44.6 Å². The number of amides is 1. The molecule has 1 fully saturated rings. The van der Waals surface area contributed by atoms with Crippen LogP contribution >= 0.6 is 0 Å². The molecular formula is C33H54FN5O. The van der Waals surface area contributed by atoms with Crippen LogP contribution in [0.2, 0.25) is 0 Å². The zero-order valence-electron chi connectivity index (χ0n) is 26.1. The lowest BCUT2D eigenvalue weighted by Crippen LogP contribution is -2.49. The fraction of sp³-hybridized carbons (Fsp3) is 0.697. The Balaban J connectivity index is 1.73. The van der Waals surface area contributed by atoms with Crippen molar-refractivity contribution in [2.45, 2.75) is 124 Å². The summed E-state index contributed by atoms with van der Waals surface area (Å²) in [7, 11) is 0. The molecule has 6 nitrogen and oxygen atoms in total. The molecule has 0 unspecified atom stereocenters. The van der Waals surface area contributed by atoms with Gasteiger partial charge in [0, 0.05) is 50.2 Å². The molecule has 0 saturated carbocycles. The van der Waals surface area contributed by atoms with Crippen molar-refractivity contribution in [2.24, 2.45) is 0 Å². The van der Waals surface area contributed by atoms with Gasteiger partial charge in [0.15, 0.2) is 0 Å². The molecule has 0 bridgehead atoms. The predicted molar refractivity (Wildman–Crippen MR) is 165 cm³/mol. The van der Waals surface area contributed by atoms with E-state index in [1.807, 2.05) is 22.6 Å². The van der Waals surface area contributed by atoms with E-state index in [4.69, 9.17) is 5.10 Å². The minimum absolute atomic E-state index is 0.0913. The fourth-order valence-corrected chi connectivity index (χ4v) is 5.75. The Morgan fingerprint density at radius 3 is 2.15 bits per heavy atom. The number of hydrogen-bond donors (Lipinski definition) is 0. The maximum atomic E-state index is 14.2. The second-order valence-corrected chi connectivity index (χ2v) is 12.1. The molecular weight excluding hydrogens is 501 g/mol. The number of piperazine rings is 1. The van der Waals surface area contributed by atoms with E-state index in [0.29, 0.717) is 24.7 Å². The Labute approximate surface area is 242 Å². The number of anilines is 1. The summed E-state index contributed by atoms with van der Waals surface area (Å²) in [5.41, 5.74) is 2.68. The summed E-state index contributed by atoms with van der Waals surface area (Å²) < 4.78 is 16.1.